The van der Waals surface area contributed by atoms with Crippen LogP contribution in [0.4, 0.5) is 0 Å². The molecule has 220 valence electrons. The molecule has 0 spiro atoms. The van der Waals surface area contributed by atoms with E-state index in [9.17, 15) is 9.59 Å². The van der Waals surface area contributed by atoms with E-state index in [2.05, 4.69) is 61.6 Å². The van der Waals surface area contributed by atoms with Gasteiger partial charge in [0.15, 0.2) is 0 Å². The molecule has 3 aromatic carbocycles. The topological polar surface area (TPSA) is 61.9 Å². The third-order valence-corrected chi connectivity index (χ3v) is 8.73. The van der Waals surface area contributed by atoms with Gasteiger partial charge in [0.1, 0.15) is 5.75 Å². The molecule has 2 atom stereocenters. The van der Waals surface area contributed by atoms with Crippen LogP contribution in [0.1, 0.15) is 47.6 Å². The van der Waals surface area contributed by atoms with Crippen LogP contribution in [0.3, 0.4) is 0 Å². The molecule has 3 aromatic rings. The Morgan fingerprint density at radius 1 is 0.929 bits per heavy atom. The first-order valence-corrected chi connectivity index (χ1v) is 15.1. The number of amides is 2. The summed E-state index contributed by atoms with van der Waals surface area (Å²) in [5.41, 5.74) is 7.91. The van der Waals surface area contributed by atoms with Crippen molar-refractivity contribution >= 4 is 17.4 Å². The van der Waals surface area contributed by atoms with Crippen molar-refractivity contribution in [1.29, 1.82) is 0 Å². The summed E-state index contributed by atoms with van der Waals surface area (Å²) in [6.45, 7) is 8.31. The molecule has 2 aliphatic heterocycles. The lowest BCUT2D eigenvalue weighted by Crippen LogP contribution is -2.61. The molecule has 1 fully saturated rings. The van der Waals surface area contributed by atoms with Gasteiger partial charge in [-0.3, -0.25) is 9.59 Å². The number of hydrogen-bond acceptors (Lipinski definition) is 4. The molecule has 2 aliphatic rings. The molecule has 2 unspecified atom stereocenters. The zero-order chi connectivity index (χ0) is 29.6. The maximum absolute atomic E-state index is 14.0. The predicted octanol–water partition coefficient (Wildman–Crippen LogP) is 5.36. The second-order valence-corrected chi connectivity index (χ2v) is 11.7. The van der Waals surface area contributed by atoms with E-state index in [0.29, 0.717) is 26.2 Å². The number of nitrogens with one attached hydrogen (secondary N) is 1. The highest BCUT2D eigenvalue weighted by atomic mass is 16.5. The molecule has 6 heteroatoms. The Morgan fingerprint density at radius 2 is 1.67 bits per heavy atom. The molecule has 0 aromatic heterocycles. The van der Waals surface area contributed by atoms with Gasteiger partial charge < -0.3 is 19.9 Å². The minimum Gasteiger partial charge on any atom is -0.493 e. The second kappa shape index (κ2) is 13.4. The highest BCUT2D eigenvalue weighted by Crippen LogP contribution is 2.34. The fourth-order valence-electron chi connectivity index (χ4n) is 6.08. The van der Waals surface area contributed by atoms with Crippen molar-refractivity contribution in [2.45, 2.75) is 58.5 Å². The molecule has 1 saturated heterocycles. The number of carbonyl (C=O) groups is 2. The Kier molecular flexibility index (Phi) is 9.43. The molecule has 6 nitrogen and oxygen atoms in total. The van der Waals surface area contributed by atoms with Crippen molar-refractivity contribution in [3.8, 4) is 5.75 Å². The van der Waals surface area contributed by atoms with Crippen LogP contribution in [0.2, 0.25) is 0 Å². The number of benzene rings is 3. The van der Waals surface area contributed by atoms with Gasteiger partial charge in [0.25, 0.3) is 5.91 Å². The van der Waals surface area contributed by atoms with Gasteiger partial charge in [-0.05, 0) is 79.0 Å². The maximum atomic E-state index is 14.0. The average molecular weight is 566 g/mol. The summed E-state index contributed by atoms with van der Waals surface area (Å²) in [7, 11) is 1.89. The van der Waals surface area contributed by atoms with Gasteiger partial charge in [-0.2, -0.15) is 0 Å². The van der Waals surface area contributed by atoms with Crippen LogP contribution in [-0.4, -0.2) is 67.0 Å². The standard InChI is InChI=1S/C36H43N3O3/c1-25-10-8-14-34(26(25)2)42-21-9-13-29-15-17-30(18-16-29)32-22-31-23-39(27(3)40)24-33(37-31)35(32)36(41)38(4)20-19-28-11-6-5-7-12-28/h5-8,10-12,14-18,31,33,37H,9,13,19-24H2,1-4H3. The van der Waals surface area contributed by atoms with E-state index in [1.807, 2.05) is 47.2 Å². The van der Waals surface area contributed by atoms with Crippen LogP contribution in [0.15, 0.2) is 78.4 Å². The van der Waals surface area contributed by atoms with Gasteiger partial charge in [0.2, 0.25) is 5.91 Å². The fraction of sp³-hybridized carbons (Fsp3) is 0.389. The van der Waals surface area contributed by atoms with Crippen molar-refractivity contribution < 1.29 is 14.3 Å². The summed E-state index contributed by atoms with van der Waals surface area (Å²) in [6.07, 6.45) is 3.38. The number of aryl methyl sites for hydroxylation is 2. The van der Waals surface area contributed by atoms with E-state index in [-0.39, 0.29) is 23.9 Å². The number of hydrogen-bond donors (Lipinski definition) is 1. The van der Waals surface area contributed by atoms with Crippen molar-refractivity contribution in [2.75, 3.05) is 33.3 Å². The predicted molar refractivity (Wildman–Crippen MR) is 168 cm³/mol. The van der Waals surface area contributed by atoms with E-state index < -0.39 is 0 Å². The molecular formula is C36H43N3O3. The monoisotopic (exact) mass is 565 g/mol. The minimum atomic E-state index is -0.176. The molecule has 2 heterocycles. The van der Waals surface area contributed by atoms with Crippen LogP contribution in [0.25, 0.3) is 5.57 Å². The van der Waals surface area contributed by atoms with Gasteiger partial charge in [-0.15, -0.1) is 0 Å². The molecular weight excluding hydrogens is 522 g/mol. The average Bonchev–Trinajstić information content (AvgIpc) is 3.00. The van der Waals surface area contributed by atoms with E-state index in [4.69, 9.17) is 4.74 Å². The lowest BCUT2D eigenvalue weighted by atomic mass is 9.82. The largest absolute Gasteiger partial charge is 0.493 e. The fourth-order valence-corrected chi connectivity index (χ4v) is 6.08. The molecule has 0 saturated carbocycles. The van der Waals surface area contributed by atoms with Crippen molar-refractivity contribution in [3.05, 3.63) is 106 Å². The number of carbonyl (C=O) groups excluding carboxylic acids is 2. The first-order valence-electron chi connectivity index (χ1n) is 15.1. The number of nitrogens with zero attached hydrogens (tertiary/aromatic N) is 2. The highest BCUT2D eigenvalue weighted by molar-refractivity contribution is 6.03. The van der Waals surface area contributed by atoms with Gasteiger partial charge in [-0.1, -0.05) is 66.7 Å². The second-order valence-electron chi connectivity index (χ2n) is 11.7. The number of piperazine rings is 1. The summed E-state index contributed by atoms with van der Waals surface area (Å²) in [4.78, 5) is 30.0. The summed E-state index contributed by atoms with van der Waals surface area (Å²) in [6, 6.07) is 25.1. The first-order chi connectivity index (χ1) is 20.3. The Hall–Kier alpha value is -3.90. The number of fused-ring (bicyclic) bond motifs is 2. The summed E-state index contributed by atoms with van der Waals surface area (Å²) < 4.78 is 6.05. The Labute approximate surface area is 250 Å². The van der Waals surface area contributed by atoms with Gasteiger partial charge in [-0.25, -0.2) is 0 Å². The molecule has 1 N–H and O–H groups in total. The Balaban J connectivity index is 1.30. The highest BCUT2D eigenvalue weighted by Gasteiger charge is 2.39. The lowest BCUT2D eigenvalue weighted by molar-refractivity contribution is -0.132. The van der Waals surface area contributed by atoms with Crippen molar-refractivity contribution in [3.63, 3.8) is 0 Å². The normalized spacial score (nSPS) is 18.1. The third-order valence-electron chi connectivity index (χ3n) is 8.73. The molecule has 2 amide bonds. The number of ether oxygens (including phenoxy) is 1. The van der Waals surface area contributed by atoms with E-state index >= 15 is 0 Å². The molecule has 0 aliphatic carbocycles. The Morgan fingerprint density at radius 3 is 2.40 bits per heavy atom. The first kappa shape index (κ1) is 29.6. The van der Waals surface area contributed by atoms with Crippen LogP contribution in [0, 0.1) is 13.8 Å². The molecule has 5 rings (SSSR count). The van der Waals surface area contributed by atoms with Gasteiger partial charge >= 0.3 is 0 Å². The van der Waals surface area contributed by atoms with E-state index in [0.717, 1.165) is 48.1 Å². The summed E-state index contributed by atoms with van der Waals surface area (Å²) in [5.74, 6) is 1.06. The van der Waals surface area contributed by atoms with Gasteiger partial charge in [0.05, 0.1) is 12.6 Å². The van der Waals surface area contributed by atoms with E-state index in [1.54, 1.807) is 6.92 Å². The Bertz CT molecular complexity index is 1430. The van der Waals surface area contributed by atoms with Crippen LogP contribution >= 0.6 is 0 Å². The molecule has 0 radical (unpaired) electrons. The summed E-state index contributed by atoms with van der Waals surface area (Å²) in [5, 5.41) is 3.65. The number of rotatable bonds is 10. The zero-order valence-electron chi connectivity index (χ0n) is 25.4. The molecule has 2 bridgehead atoms. The molecule has 42 heavy (non-hydrogen) atoms. The van der Waals surface area contributed by atoms with Crippen molar-refractivity contribution in [1.82, 2.24) is 15.1 Å². The zero-order valence-corrected chi connectivity index (χ0v) is 25.4. The van der Waals surface area contributed by atoms with Crippen LogP contribution in [0.5, 0.6) is 5.75 Å². The lowest BCUT2D eigenvalue weighted by Gasteiger charge is -2.44. The van der Waals surface area contributed by atoms with Gasteiger partial charge in [0, 0.05) is 45.2 Å². The number of likely N-dealkylation sites (N-methyl/N-ethyl adjacent to an activating group) is 1. The van der Waals surface area contributed by atoms with E-state index in [1.165, 1.54) is 22.3 Å². The summed E-state index contributed by atoms with van der Waals surface area (Å²) >= 11 is 0. The minimum absolute atomic E-state index is 0.0370. The van der Waals surface area contributed by atoms with Crippen LogP contribution in [-0.2, 0) is 22.4 Å². The third kappa shape index (κ3) is 6.93. The quantitative estimate of drug-likeness (QED) is 0.336. The smallest absolute Gasteiger partial charge is 0.251 e. The van der Waals surface area contributed by atoms with Crippen LogP contribution < -0.4 is 10.1 Å². The SMILES string of the molecule is CC(=O)N1CC2CC(c3ccc(CCCOc4cccc(C)c4C)cc3)=C(C(=O)N(C)CCc3ccccc3)C(C1)N2. The maximum Gasteiger partial charge on any atom is 0.251 e. The van der Waals surface area contributed by atoms with Crippen molar-refractivity contribution in [2.24, 2.45) is 0 Å².